The van der Waals surface area contributed by atoms with Crippen molar-refractivity contribution in [2.75, 3.05) is 25.1 Å². The van der Waals surface area contributed by atoms with Crippen LogP contribution in [0, 0.1) is 5.92 Å². The van der Waals surface area contributed by atoms with E-state index in [2.05, 4.69) is 20.6 Å². The maximum absolute atomic E-state index is 13.4. The van der Waals surface area contributed by atoms with E-state index in [0.717, 1.165) is 19.0 Å². The summed E-state index contributed by atoms with van der Waals surface area (Å²) >= 11 is 5.85. The van der Waals surface area contributed by atoms with Gasteiger partial charge in [-0.3, -0.25) is 0 Å². The molecule has 1 saturated heterocycles. The van der Waals surface area contributed by atoms with Crippen LogP contribution < -0.4 is 15.4 Å². The van der Waals surface area contributed by atoms with E-state index in [-0.39, 0.29) is 11.9 Å². The van der Waals surface area contributed by atoms with Crippen molar-refractivity contribution < 1.29 is 27.4 Å². The quantitative estimate of drug-likeness (QED) is 0.731. The highest BCUT2D eigenvalue weighted by atomic mass is 35.5. The second kappa shape index (κ2) is 9.27. The number of ether oxygens (including phenoxy) is 2. The first-order valence-corrected chi connectivity index (χ1v) is 9.19. The van der Waals surface area contributed by atoms with Gasteiger partial charge in [0.1, 0.15) is 0 Å². The molecule has 0 aliphatic carbocycles. The van der Waals surface area contributed by atoms with Crippen molar-refractivity contribution >= 4 is 29.3 Å². The summed E-state index contributed by atoms with van der Waals surface area (Å²) in [4.78, 5) is 19.2. The fourth-order valence-corrected chi connectivity index (χ4v) is 2.91. The van der Waals surface area contributed by atoms with Gasteiger partial charge in [0.2, 0.25) is 5.95 Å². The molecule has 2 N–H and O–H groups in total. The van der Waals surface area contributed by atoms with E-state index in [1.54, 1.807) is 18.2 Å². The number of halogens is 4. The minimum atomic E-state index is -4.84. The van der Waals surface area contributed by atoms with E-state index >= 15 is 0 Å². The maximum atomic E-state index is 13.4. The Morgan fingerprint density at radius 3 is 2.76 bits per heavy atom. The van der Waals surface area contributed by atoms with Crippen molar-refractivity contribution in [2.24, 2.45) is 5.92 Å². The van der Waals surface area contributed by atoms with Crippen LogP contribution >= 0.6 is 11.6 Å². The van der Waals surface area contributed by atoms with Crippen molar-refractivity contribution in [3.8, 4) is 5.75 Å². The molecule has 1 aromatic carbocycles. The Hall–Kier alpha value is -2.59. The fourth-order valence-electron chi connectivity index (χ4n) is 2.72. The molecule has 1 aromatic heterocycles. The summed E-state index contributed by atoms with van der Waals surface area (Å²) in [5.41, 5.74) is -0.952. The van der Waals surface area contributed by atoms with Gasteiger partial charge in [-0.05, 0) is 37.0 Å². The SMILES string of the molecule is O=C(NCC1CCOCC1)Oc1cnc(Nc2cccc(Cl)c2)nc1C(F)(F)F. The maximum Gasteiger partial charge on any atom is 0.437 e. The number of hydrogen-bond acceptors (Lipinski definition) is 6. The monoisotopic (exact) mass is 430 g/mol. The van der Waals surface area contributed by atoms with Crippen LogP contribution in [-0.2, 0) is 10.9 Å². The lowest BCUT2D eigenvalue weighted by Crippen LogP contribution is -2.34. The van der Waals surface area contributed by atoms with Crippen LogP contribution in [0.2, 0.25) is 5.02 Å². The second-order valence-corrected chi connectivity index (χ2v) is 6.80. The van der Waals surface area contributed by atoms with Gasteiger partial charge in [-0.2, -0.15) is 13.2 Å². The minimum absolute atomic E-state index is 0.193. The molecular formula is C18H18ClF3N4O3. The average molecular weight is 431 g/mol. The van der Waals surface area contributed by atoms with E-state index in [1.807, 2.05) is 0 Å². The van der Waals surface area contributed by atoms with Crippen molar-refractivity contribution in [1.29, 1.82) is 0 Å². The van der Waals surface area contributed by atoms with E-state index < -0.39 is 23.7 Å². The third-order valence-electron chi connectivity index (χ3n) is 4.18. The van der Waals surface area contributed by atoms with Crippen molar-refractivity contribution in [3.63, 3.8) is 0 Å². The standard InChI is InChI=1S/C18H18ClF3N4O3/c19-12-2-1-3-13(8-12)25-16-23-10-14(15(26-16)18(20,21)22)29-17(27)24-9-11-4-6-28-7-5-11/h1-3,8,10-11H,4-7,9H2,(H,24,27)(H,23,25,26). The molecule has 0 unspecified atom stereocenters. The number of rotatable bonds is 5. The molecule has 1 aliphatic rings. The minimum Gasteiger partial charge on any atom is -0.406 e. The molecule has 3 rings (SSSR count). The zero-order valence-electron chi connectivity index (χ0n) is 15.1. The first-order valence-electron chi connectivity index (χ1n) is 8.81. The highest BCUT2D eigenvalue weighted by molar-refractivity contribution is 6.30. The number of alkyl halides is 3. The first kappa shape index (κ1) is 21.1. The first-order chi connectivity index (χ1) is 13.8. The summed E-state index contributed by atoms with van der Waals surface area (Å²) in [5.74, 6) is -0.896. The number of aromatic nitrogens is 2. The van der Waals surface area contributed by atoms with Gasteiger partial charge in [0.15, 0.2) is 11.4 Å². The number of carbonyl (C=O) groups excluding carboxylic acids is 1. The zero-order chi connectivity index (χ0) is 20.9. The van der Waals surface area contributed by atoms with Crippen LogP contribution in [0.5, 0.6) is 5.75 Å². The number of nitrogens with one attached hydrogen (secondary N) is 2. The van der Waals surface area contributed by atoms with Gasteiger partial charge in [-0.1, -0.05) is 17.7 Å². The topological polar surface area (TPSA) is 85.4 Å². The van der Waals surface area contributed by atoms with Gasteiger partial charge < -0.3 is 20.1 Å². The Bertz CT molecular complexity index is 860. The largest absolute Gasteiger partial charge is 0.437 e. The summed E-state index contributed by atoms with van der Waals surface area (Å²) in [6.07, 6.45) is -3.51. The smallest absolute Gasteiger partial charge is 0.406 e. The summed E-state index contributed by atoms with van der Waals surface area (Å²) in [5, 5.41) is 5.50. The molecule has 0 radical (unpaired) electrons. The number of carbonyl (C=O) groups is 1. The lowest BCUT2D eigenvalue weighted by Gasteiger charge is -2.22. The Labute approximate surface area is 169 Å². The summed E-state index contributed by atoms with van der Waals surface area (Å²) in [6, 6.07) is 6.34. The third-order valence-corrected chi connectivity index (χ3v) is 4.42. The lowest BCUT2D eigenvalue weighted by molar-refractivity contribution is -0.142. The van der Waals surface area contributed by atoms with Gasteiger partial charge in [-0.25, -0.2) is 14.8 Å². The summed E-state index contributed by atoms with van der Waals surface area (Å²) < 4.78 is 50.2. The number of amides is 1. The number of hydrogen-bond donors (Lipinski definition) is 2. The number of nitrogens with zero attached hydrogens (tertiary/aromatic N) is 2. The van der Waals surface area contributed by atoms with Gasteiger partial charge in [-0.15, -0.1) is 0 Å². The Balaban J connectivity index is 1.69. The van der Waals surface area contributed by atoms with Crippen LogP contribution in [0.15, 0.2) is 30.5 Å². The molecule has 0 bridgehead atoms. The van der Waals surface area contributed by atoms with Crippen LogP contribution in [0.3, 0.4) is 0 Å². The highest BCUT2D eigenvalue weighted by Gasteiger charge is 2.38. The summed E-state index contributed by atoms with van der Waals surface area (Å²) in [7, 11) is 0. The van der Waals surface area contributed by atoms with Gasteiger partial charge in [0.05, 0.1) is 6.20 Å². The predicted octanol–water partition coefficient (Wildman–Crippen LogP) is 4.41. The molecule has 156 valence electrons. The summed E-state index contributed by atoms with van der Waals surface area (Å²) in [6.45, 7) is 1.47. The average Bonchev–Trinajstić information content (AvgIpc) is 2.68. The molecule has 1 aliphatic heterocycles. The molecule has 2 aromatic rings. The van der Waals surface area contributed by atoms with Gasteiger partial charge >= 0.3 is 12.3 Å². The molecule has 11 heteroatoms. The number of anilines is 2. The second-order valence-electron chi connectivity index (χ2n) is 6.37. The van der Waals surface area contributed by atoms with Crippen molar-refractivity contribution in [2.45, 2.75) is 19.0 Å². The Kier molecular flexibility index (Phi) is 6.75. The predicted molar refractivity (Wildman–Crippen MR) is 99.3 cm³/mol. The molecule has 2 heterocycles. The molecule has 1 fully saturated rings. The highest BCUT2D eigenvalue weighted by Crippen LogP contribution is 2.35. The molecule has 29 heavy (non-hydrogen) atoms. The van der Waals surface area contributed by atoms with Crippen LogP contribution in [0.25, 0.3) is 0 Å². The van der Waals surface area contributed by atoms with E-state index in [0.29, 0.717) is 30.5 Å². The molecule has 0 saturated carbocycles. The fraction of sp³-hybridized carbons (Fsp3) is 0.389. The van der Waals surface area contributed by atoms with E-state index in [1.165, 1.54) is 6.07 Å². The van der Waals surface area contributed by atoms with Crippen LogP contribution in [-0.4, -0.2) is 35.8 Å². The molecule has 1 amide bonds. The zero-order valence-corrected chi connectivity index (χ0v) is 15.9. The molecular weight excluding hydrogens is 413 g/mol. The third kappa shape index (κ3) is 6.20. The van der Waals surface area contributed by atoms with Gasteiger partial charge in [0, 0.05) is 30.5 Å². The molecule has 0 spiro atoms. The van der Waals surface area contributed by atoms with Crippen LogP contribution in [0.1, 0.15) is 18.5 Å². The van der Waals surface area contributed by atoms with Crippen molar-refractivity contribution in [1.82, 2.24) is 15.3 Å². The Morgan fingerprint density at radius 1 is 1.31 bits per heavy atom. The van der Waals surface area contributed by atoms with E-state index in [9.17, 15) is 18.0 Å². The number of benzene rings is 1. The normalized spacial score (nSPS) is 15.0. The molecule has 7 nitrogen and oxygen atoms in total. The lowest BCUT2D eigenvalue weighted by atomic mass is 10.0. The molecule has 0 atom stereocenters. The van der Waals surface area contributed by atoms with Crippen LogP contribution in [0.4, 0.5) is 29.6 Å². The Morgan fingerprint density at radius 2 is 2.07 bits per heavy atom. The van der Waals surface area contributed by atoms with E-state index in [4.69, 9.17) is 21.1 Å². The van der Waals surface area contributed by atoms with Gasteiger partial charge in [0.25, 0.3) is 0 Å². The van der Waals surface area contributed by atoms with Crippen molar-refractivity contribution in [3.05, 3.63) is 41.2 Å².